The first kappa shape index (κ1) is 16.9. The monoisotopic (exact) mass is 317 g/mol. The largest absolute Gasteiger partial charge is 0.459 e. The van der Waals surface area contributed by atoms with Crippen LogP contribution in [0.25, 0.3) is 11.0 Å². The molecule has 2 atom stereocenters. The molecule has 4 N–H and O–H groups in total. The van der Waals surface area contributed by atoms with Crippen LogP contribution in [0.5, 0.6) is 0 Å². The third-order valence-corrected chi connectivity index (χ3v) is 3.88. The van der Waals surface area contributed by atoms with E-state index in [4.69, 9.17) is 10.2 Å². The van der Waals surface area contributed by atoms with Gasteiger partial charge in [-0.3, -0.25) is 4.79 Å². The Labute approximate surface area is 135 Å². The quantitative estimate of drug-likeness (QED) is 0.790. The smallest absolute Gasteiger partial charge is 0.312 e. The lowest BCUT2D eigenvalue weighted by Crippen LogP contribution is -2.48. The zero-order valence-electron chi connectivity index (χ0n) is 13.8. The minimum Gasteiger partial charge on any atom is -0.459 e. The van der Waals surface area contributed by atoms with E-state index in [1.807, 2.05) is 45.0 Å². The molecule has 6 nitrogen and oxygen atoms in total. The third kappa shape index (κ3) is 3.64. The summed E-state index contributed by atoms with van der Waals surface area (Å²) in [6.07, 6.45) is 0. The Bertz CT molecular complexity index is 721. The number of benzene rings is 1. The van der Waals surface area contributed by atoms with Crippen LogP contribution < -0.4 is 16.4 Å². The first-order valence-electron chi connectivity index (χ1n) is 7.65. The van der Waals surface area contributed by atoms with Crippen LogP contribution in [0, 0.1) is 12.8 Å². The summed E-state index contributed by atoms with van der Waals surface area (Å²) in [5, 5.41) is 6.35. The van der Waals surface area contributed by atoms with Crippen molar-refractivity contribution in [3.05, 3.63) is 35.6 Å². The van der Waals surface area contributed by atoms with Crippen molar-refractivity contribution in [2.75, 3.05) is 0 Å². The molecular weight excluding hydrogens is 294 g/mol. The van der Waals surface area contributed by atoms with E-state index in [0.29, 0.717) is 0 Å². The first-order valence-corrected chi connectivity index (χ1v) is 7.65. The average molecular weight is 317 g/mol. The number of furan rings is 1. The number of nitrogens with one attached hydrogen (secondary N) is 2. The molecule has 1 aromatic heterocycles. The number of primary amides is 1. The SMILES string of the molecule is Cc1c([C@H](NC(=O)[C@@H](C)NC(N)=O)C(C)C)oc2ccccc12. The Balaban J connectivity index is 2.29. The lowest BCUT2D eigenvalue weighted by Gasteiger charge is -2.23. The van der Waals surface area contributed by atoms with Gasteiger partial charge in [0.05, 0.1) is 6.04 Å². The van der Waals surface area contributed by atoms with Crippen LogP contribution in [-0.2, 0) is 4.79 Å². The second kappa shape index (κ2) is 6.73. The Morgan fingerprint density at radius 1 is 1.13 bits per heavy atom. The number of nitrogens with two attached hydrogens (primary N) is 1. The number of fused-ring (bicyclic) bond motifs is 1. The summed E-state index contributed by atoms with van der Waals surface area (Å²) in [5.41, 5.74) is 6.86. The molecule has 0 fully saturated rings. The zero-order chi connectivity index (χ0) is 17.1. The second-order valence-electron chi connectivity index (χ2n) is 6.05. The first-order chi connectivity index (χ1) is 10.8. The van der Waals surface area contributed by atoms with Gasteiger partial charge < -0.3 is 20.8 Å². The number of amides is 3. The third-order valence-electron chi connectivity index (χ3n) is 3.88. The number of carbonyl (C=O) groups excluding carboxylic acids is 2. The highest BCUT2D eigenvalue weighted by Gasteiger charge is 2.27. The lowest BCUT2D eigenvalue weighted by atomic mass is 9.98. The van der Waals surface area contributed by atoms with Crippen molar-refractivity contribution < 1.29 is 14.0 Å². The number of carbonyl (C=O) groups is 2. The van der Waals surface area contributed by atoms with E-state index in [-0.39, 0.29) is 17.9 Å². The standard InChI is InChI=1S/C17H23N3O3/c1-9(2)14(20-16(21)11(4)19-17(18)22)15-10(3)12-7-5-6-8-13(12)23-15/h5-9,11,14H,1-4H3,(H,20,21)(H3,18,19,22)/t11-,14-/m1/s1. The Kier molecular flexibility index (Phi) is 4.93. The van der Waals surface area contributed by atoms with Gasteiger partial charge in [-0.25, -0.2) is 4.79 Å². The van der Waals surface area contributed by atoms with Gasteiger partial charge in [-0.2, -0.15) is 0 Å². The number of rotatable bonds is 5. The van der Waals surface area contributed by atoms with Crippen molar-refractivity contribution >= 4 is 22.9 Å². The minimum absolute atomic E-state index is 0.124. The van der Waals surface area contributed by atoms with E-state index in [1.165, 1.54) is 0 Å². The number of para-hydroxylation sites is 1. The molecule has 0 aliphatic carbocycles. The lowest BCUT2D eigenvalue weighted by molar-refractivity contribution is -0.123. The molecule has 0 bridgehead atoms. The van der Waals surface area contributed by atoms with Crippen LogP contribution in [0.4, 0.5) is 4.79 Å². The summed E-state index contributed by atoms with van der Waals surface area (Å²) >= 11 is 0. The molecule has 0 saturated heterocycles. The molecule has 6 heteroatoms. The normalized spacial score (nSPS) is 13.8. The van der Waals surface area contributed by atoms with E-state index >= 15 is 0 Å². The van der Waals surface area contributed by atoms with Gasteiger partial charge in [0.1, 0.15) is 17.4 Å². The van der Waals surface area contributed by atoms with Crippen molar-refractivity contribution in [1.29, 1.82) is 0 Å². The number of hydrogen-bond donors (Lipinski definition) is 3. The van der Waals surface area contributed by atoms with E-state index in [2.05, 4.69) is 10.6 Å². The fraction of sp³-hybridized carbons (Fsp3) is 0.412. The summed E-state index contributed by atoms with van der Waals surface area (Å²) in [6, 6.07) is 6.04. The fourth-order valence-electron chi connectivity index (χ4n) is 2.58. The predicted octanol–water partition coefficient (Wildman–Crippen LogP) is 2.61. The van der Waals surface area contributed by atoms with Crippen LogP contribution in [-0.4, -0.2) is 18.0 Å². The highest BCUT2D eigenvalue weighted by atomic mass is 16.3. The molecule has 0 spiro atoms. The van der Waals surface area contributed by atoms with Crippen LogP contribution in [0.15, 0.2) is 28.7 Å². The molecule has 1 aromatic carbocycles. The molecule has 0 unspecified atom stereocenters. The Hall–Kier alpha value is -2.50. The van der Waals surface area contributed by atoms with E-state index in [9.17, 15) is 9.59 Å². The van der Waals surface area contributed by atoms with Crippen LogP contribution in [0.3, 0.4) is 0 Å². The van der Waals surface area contributed by atoms with E-state index in [0.717, 1.165) is 22.3 Å². The summed E-state index contributed by atoms with van der Waals surface area (Å²) < 4.78 is 5.96. The highest BCUT2D eigenvalue weighted by molar-refractivity contribution is 5.87. The van der Waals surface area contributed by atoms with Gasteiger partial charge in [0.25, 0.3) is 0 Å². The van der Waals surface area contributed by atoms with Crippen molar-refractivity contribution in [3.8, 4) is 0 Å². The molecule has 0 saturated carbocycles. The number of urea groups is 1. The van der Waals surface area contributed by atoms with Gasteiger partial charge in [-0.1, -0.05) is 32.0 Å². The van der Waals surface area contributed by atoms with Crippen molar-refractivity contribution in [2.24, 2.45) is 11.7 Å². The zero-order valence-corrected chi connectivity index (χ0v) is 13.8. The maximum Gasteiger partial charge on any atom is 0.312 e. The molecule has 0 aliphatic rings. The maximum atomic E-state index is 12.3. The van der Waals surface area contributed by atoms with Gasteiger partial charge in [0.15, 0.2) is 0 Å². The minimum atomic E-state index is -0.728. The van der Waals surface area contributed by atoms with Crippen LogP contribution in [0.1, 0.15) is 38.1 Å². The summed E-state index contributed by atoms with van der Waals surface area (Å²) in [4.78, 5) is 23.2. The molecule has 2 rings (SSSR count). The highest BCUT2D eigenvalue weighted by Crippen LogP contribution is 2.32. The summed E-state index contributed by atoms with van der Waals surface area (Å²) in [6.45, 7) is 7.57. The topological polar surface area (TPSA) is 97.4 Å². The molecule has 23 heavy (non-hydrogen) atoms. The summed E-state index contributed by atoms with van der Waals surface area (Å²) in [5.74, 6) is 0.558. The van der Waals surface area contributed by atoms with Gasteiger partial charge in [-0.15, -0.1) is 0 Å². The van der Waals surface area contributed by atoms with Crippen LogP contribution >= 0.6 is 0 Å². The Morgan fingerprint density at radius 3 is 2.35 bits per heavy atom. The molecule has 2 aromatic rings. The van der Waals surface area contributed by atoms with Crippen molar-refractivity contribution in [3.63, 3.8) is 0 Å². The molecular formula is C17H23N3O3. The van der Waals surface area contributed by atoms with Gasteiger partial charge in [0.2, 0.25) is 5.91 Å². The molecule has 124 valence electrons. The van der Waals surface area contributed by atoms with Gasteiger partial charge in [-0.05, 0) is 25.8 Å². The van der Waals surface area contributed by atoms with Crippen molar-refractivity contribution in [2.45, 2.75) is 39.8 Å². The second-order valence-corrected chi connectivity index (χ2v) is 6.05. The molecule has 3 amide bonds. The van der Waals surface area contributed by atoms with E-state index in [1.54, 1.807) is 6.92 Å². The number of aryl methyl sites for hydroxylation is 1. The molecule has 0 radical (unpaired) electrons. The maximum absolute atomic E-state index is 12.3. The Morgan fingerprint density at radius 2 is 1.78 bits per heavy atom. The molecule has 0 aliphatic heterocycles. The van der Waals surface area contributed by atoms with E-state index < -0.39 is 12.1 Å². The summed E-state index contributed by atoms with van der Waals surface area (Å²) in [7, 11) is 0. The molecule has 1 heterocycles. The van der Waals surface area contributed by atoms with Gasteiger partial charge >= 0.3 is 6.03 Å². The fourth-order valence-corrected chi connectivity index (χ4v) is 2.58. The van der Waals surface area contributed by atoms with Crippen LogP contribution in [0.2, 0.25) is 0 Å². The number of hydrogen-bond acceptors (Lipinski definition) is 3. The van der Waals surface area contributed by atoms with Gasteiger partial charge in [0, 0.05) is 10.9 Å². The predicted molar refractivity (Wildman–Crippen MR) is 88.9 cm³/mol. The van der Waals surface area contributed by atoms with Crippen molar-refractivity contribution in [1.82, 2.24) is 10.6 Å². The average Bonchev–Trinajstić information content (AvgIpc) is 2.81.